The Morgan fingerprint density at radius 1 is 1.28 bits per heavy atom. The molecule has 132 valence electrons. The minimum absolute atomic E-state index is 0.138. The highest BCUT2D eigenvalue weighted by Gasteiger charge is 2.34. The maximum absolute atomic E-state index is 13.0. The third kappa shape index (κ3) is 3.11. The number of nitrogens with zero attached hydrogens (tertiary/aromatic N) is 2. The number of Topliss-reactive ketones (excluding diaryl/α,β-unsaturated/α-hetero) is 1. The summed E-state index contributed by atoms with van der Waals surface area (Å²) in [6.07, 6.45) is 5.39. The normalized spacial score (nSPS) is 20.3. The number of ketones is 1. The second kappa shape index (κ2) is 6.84. The Labute approximate surface area is 144 Å². The molecule has 0 N–H and O–H groups in total. The van der Waals surface area contributed by atoms with E-state index in [0.717, 1.165) is 37.0 Å². The number of ether oxygens (including phenoxy) is 1. The molecule has 0 radical (unpaired) electrons. The summed E-state index contributed by atoms with van der Waals surface area (Å²) in [7, 11) is 0. The molecule has 2 aliphatic rings. The van der Waals surface area contributed by atoms with Gasteiger partial charge in [0.25, 0.3) is 5.91 Å². The fraction of sp³-hybridized carbons (Fsp3) is 0.500. The van der Waals surface area contributed by atoms with Crippen molar-refractivity contribution in [1.82, 2.24) is 10.1 Å². The van der Waals surface area contributed by atoms with Gasteiger partial charge in [-0.2, -0.15) is 0 Å². The number of fused-ring (bicyclic) bond motifs is 1. The molecular weight excluding hydrogens is 324 g/mol. The van der Waals surface area contributed by atoms with Crippen molar-refractivity contribution in [2.75, 3.05) is 19.8 Å². The number of carbonyl (C=O) groups is 2. The first-order valence-electron chi connectivity index (χ1n) is 8.67. The molecule has 1 fully saturated rings. The fourth-order valence-corrected chi connectivity index (χ4v) is 3.53. The van der Waals surface area contributed by atoms with Crippen LogP contribution in [0.5, 0.6) is 0 Å². The largest absolute Gasteiger partial charge is 0.461 e. The number of hydrogen-bond donors (Lipinski definition) is 0. The van der Waals surface area contributed by atoms with Crippen molar-refractivity contribution >= 4 is 11.7 Å². The number of carbonyl (C=O) groups excluding carboxylic acids is 2. The summed E-state index contributed by atoms with van der Waals surface area (Å²) >= 11 is 0. The predicted octanol–water partition coefficient (Wildman–Crippen LogP) is 2.26. The molecule has 1 aliphatic carbocycles. The summed E-state index contributed by atoms with van der Waals surface area (Å²) in [6, 6.07) is 2.98. The number of rotatable bonds is 4. The summed E-state index contributed by atoms with van der Waals surface area (Å²) in [5.41, 5.74) is 1.32. The Kier molecular flexibility index (Phi) is 4.40. The highest BCUT2D eigenvalue weighted by Crippen LogP contribution is 2.26. The second-order valence-corrected chi connectivity index (χ2v) is 6.47. The van der Waals surface area contributed by atoms with Crippen LogP contribution in [-0.2, 0) is 17.6 Å². The van der Waals surface area contributed by atoms with Gasteiger partial charge in [0.2, 0.25) is 0 Å². The average Bonchev–Trinajstić information content (AvgIpc) is 3.31. The molecule has 2 aromatic heterocycles. The highest BCUT2D eigenvalue weighted by molar-refractivity contribution is 5.96. The lowest BCUT2D eigenvalue weighted by Crippen LogP contribution is -2.49. The van der Waals surface area contributed by atoms with Gasteiger partial charge in [-0.3, -0.25) is 9.59 Å². The lowest BCUT2D eigenvalue weighted by Gasteiger charge is -2.34. The van der Waals surface area contributed by atoms with Gasteiger partial charge in [-0.25, -0.2) is 0 Å². The van der Waals surface area contributed by atoms with Crippen LogP contribution >= 0.6 is 0 Å². The van der Waals surface area contributed by atoms with E-state index in [1.807, 2.05) is 0 Å². The number of morpholine rings is 1. The van der Waals surface area contributed by atoms with Crippen molar-refractivity contribution in [2.24, 2.45) is 0 Å². The molecule has 4 rings (SSSR count). The molecule has 7 nitrogen and oxygen atoms in total. The van der Waals surface area contributed by atoms with Crippen molar-refractivity contribution in [1.29, 1.82) is 0 Å². The van der Waals surface area contributed by atoms with E-state index in [0.29, 0.717) is 31.2 Å². The molecule has 0 bridgehead atoms. The molecule has 0 unspecified atom stereocenters. The molecule has 1 amide bonds. The quantitative estimate of drug-likeness (QED) is 0.791. The molecule has 3 heterocycles. The first-order valence-corrected chi connectivity index (χ1v) is 8.67. The Morgan fingerprint density at radius 3 is 3.00 bits per heavy atom. The first-order chi connectivity index (χ1) is 12.2. The highest BCUT2D eigenvalue weighted by atomic mass is 16.5. The van der Waals surface area contributed by atoms with Crippen molar-refractivity contribution in [3.63, 3.8) is 0 Å². The van der Waals surface area contributed by atoms with Gasteiger partial charge in [-0.15, -0.1) is 0 Å². The van der Waals surface area contributed by atoms with E-state index in [1.165, 1.54) is 6.26 Å². The number of furan rings is 1. The summed E-state index contributed by atoms with van der Waals surface area (Å²) in [5.74, 6) is 0.816. The van der Waals surface area contributed by atoms with Gasteiger partial charge in [0.05, 0.1) is 25.5 Å². The second-order valence-electron chi connectivity index (χ2n) is 6.47. The monoisotopic (exact) mass is 344 g/mol. The van der Waals surface area contributed by atoms with Crippen LogP contribution < -0.4 is 0 Å². The molecule has 0 saturated carbocycles. The number of amides is 1. The van der Waals surface area contributed by atoms with E-state index < -0.39 is 0 Å². The van der Waals surface area contributed by atoms with Gasteiger partial charge in [-0.05, 0) is 31.4 Å². The van der Waals surface area contributed by atoms with Crippen LogP contribution in [0.1, 0.15) is 51.6 Å². The molecule has 1 aliphatic heterocycles. The number of aromatic nitrogens is 1. The van der Waals surface area contributed by atoms with Crippen LogP contribution in [0.3, 0.4) is 0 Å². The zero-order valence-corrected chi connectivity index (χ0v) is 13.9. The fourth-order valence-electron chi connectivity index (χ4n) is 3.53. The molecule has 7 heteroatoms. The van der Waals surface area contributed by atoms with Crippen molar-refractivity contribution < 1.29 is 23.3 Å². The Morgan fingerprint density at radius 2 is 2.16 bits per heavy atom. The lowest BCUT2D eigenvalue weighted by atomic mass is 9.95. The molecule has 0 spiro atoms. The van der Waals surface area contributed by atoms with Crippen LogP contribution in [0, 0.1) is 0 Å². The predicted molar refractivity (Wildman–Crippen MR) is 86.4 cm³/mol. The van der Waals surface area contributed by atoms with E-state index >= 15 is 0 Å². The molecule has 1 atom stereocenters. The summed E-state index contributed by atoms with van der Waals surface area (Å²) < 4.78 is 16.0. The van der Waals surface area contributed by atoms with E-state index in [2.05, 4.69) is 5.16 Å². The maximum Gasteiger partial charge on any atom is 0.276 e. The first kappa shape index (κ1) is 16.1. The van der Waals surface area contributed by atoms with Crippen LogP contribution in [0.15, 0.2) is 27.3 Å². The van der Waals surface area contributed by atoms with E-state index in [9.17, 15) is 9.59 Å². The Bertz CT molecular complexity index is 765. The van der Waals surface area contributed by atoms with E-state index in [4.69, 9.17) is 13.7 Å². The van der Waals surface area contributed by atoms with Crippen molar-refractivity contribution in [3.05, 3.63) is 41.2 Å². The molecular formula is C18H20N2O5. The van der Waals surface area contributed by atoms with Gasteiger partial charge in [-0.1, -0.05) is 5.16 Å². The van der Waals surface area contributed by atoms with Crippen LogP contribution in [-0.4, -0.2) is 47.5 Å². The zero-order valence-electron chi connectivity index (χ0n) is 13.9. The van der Waals surface area contributed by atoms with Crippen LogP contribution in [0.25, 0.3) is 0 Å². The minimum Gasteiger partial charge on any atom is -0.461 e. The van der Waals surface area contributed by atoms with Crippen molar-refractivity contribution in [2.45, 2.75) is 38.1 Å². The molecule has 2 aromatic rings. The van der Waals surface area contributed by atoms with Gasteiger partial charge in [0.15, 0.2) is 17.2 Å². The Hall–Kier alpha value is -2.41. The molecule has 0 aromatic carbocycles. The minimum atomic E-state index is -0.324. The van der Waals surface area contributed by atoms with Gasteiger partial charge < -0.3 is 18.6 Å². The van der Waals surface area contributed by atoms with Crippen molar-refractivity contribution in [3.8, 4) is 0 Å². The number of hydrogen-bond acceptors (Lipinski definition) is 6. The third-order valence-corrected chi connectivity index (χ3v) is 4.86. The lowest BCUT2D eigenvalue weighted by molar-refractivity contribution is -0.00356. The maximum atomic E-state index is 13.0. The molecule has 1 saturated heterocycles. The average molecular weight is 344 g/mol. The molecule has 25 heavy (non-hydrogen) atoms. The third-order valence-electron chi connectivity index (χ3n) is 4.86. The van der Waals surface area contributed by atoms with Crippen LogP contribution in [0.4, 0.5) is 0 Å². The standard InChI is InChI=1S/C18H20N2O5/c21-14(16-6-3-8-24-16)10-12-11-23-9-7-20(12)18(22)17-13-4-1-2-5-15(13)25-19-17/h3,6,8,12H,1-2,4-5,7,9-11H2/t12-/m0/s1. The van der Waals surface area contributed by atoms with Gasteiger partial charge >= 0.3 is 0 Å². The smallest absolute Gasteiger partial charge is 0.276 e. The van der Waals surface area contributed by atoms with Crippen LogP contribution in [0.2, 0.25) is 0 Å². The van der Waals surface area contributed by atoms with Gasteiger partial charge in [0, 0.05) is 24.9 Å². The summed E-state index contributed by atoms with van der Waals surface area (Å²) in [6.45, 7) is 1.23. The summed E-state index contributed by atoms with van der Waals surface area (Å²) in [4.78, 5) is 27.1. The topological polar surface area (TPSA) is 85.8 Å². The van der Waals surface area contributed by atoms with E-state index in [-0.39, 0.29) is 24.2 Å². The Balaban J connectivity index is 1.53. The number of aryl methyl sites for hydroxylation is 1. The van der Waals surface area contributed by atoms with E-state index in [1.54, 1.807) is 17.0 Å². The summed E-state index contributed by atoms with van der Waals surface area (Å²) in [5, 5.41) is 4.03. The SMILES string of the molecule is O=C(C[C@H]1COCCN1C(=O)c1noc2c1CCCC2)c1ccco1. The zero-order chi connectivity index (χ0) is 17.2. The van der Waals surface area contributed by atoms with Gasteiger partial charge in [0.1, 0.15) is 5.76 Å².